The zero-order valence-corrected chi connectivity index (χ0v) is 11.3. The van der Waals surface area contributed by atoms with E-state index in [4.69, 9.17) is 0 Å². The summed E-state index contributed by atoms with van der Waals surface area (Å²) in [5, 5.41) is 6.71. The highest BCUT2D eigenvalue weighted by atomic mass is 32.1. The van der Waals surface area contributed by atoms with Crippen LogP contribution in [0.5, 0.6) is 0 Å². The molecule has 94 valence electrons. The summed E-state index contributed by atoms with van der Waals surface area (Å²) in [6.07, 6.45) is 2.62. The average Bonchev–Trinajstić information content (AvgIpc) is 2.98. The van der Waals surface area contributed by atoms with E-state index < -0.39 is 0 Å². The topological polar surface area (TPSA) is 29.1 Å². The number of Topliss-reactive ketones (excluding diaryl/α,β-unsaturated/α-hetero) is 1. The number of carbonyl (C=O) groups is 1. The van der Waals surface area contributed by atoms with Gasteiger partial charge in [-0.2, -0.15) is 0 Å². The first kappa shape index (κ1) is 11.9. The van der Waals surface area contributed by atoms with Gasteiger partial charge in [0.05, 0.1) is 5.54 Å². The lowest BCUT2D eigenvalue weighted by molar-refractivity contribution is -0.123. The van der Waals surface area contributed by atoms with Crippen molar-refractivity contribution >= 4 is 27.2 Å². The molecule has 1 fully saturated rings. The summed E-state index contributed by atoms with van der Waals surface area (Å²) in [4.78, 5) is 12.4. The molecule has 2 aromatic rings. The van der Waals surface area contributed by atoms with Gasteiger partial charge in [0, 0.05) is 11.1 Å². The Morgan fingerprint density at radius 1 is 1.44 bits per heavy atom. The van der Waals surface area contributed by atoms with Crippen LogP contribution in [0.1, 0.15) is 25.3 Å². The van der Waals surface area contributed by atoms with E-state index in [-0.39, 0.29) is 5.54 Å². The van der Waals surface area contributed by atoms with Gasteiger partial charge in [0.15, 0.2) is 5.78 Å². The number of benzene rings is 1. The van der Waals surface area contributed by atoms with Gasteiger partial charge >= 0.3 is 0 Å². The first-order chi connectivity index (χ1) is 8.69. The van der Waals surface area contributed by atoms with E-state index in [0.29, 0.717) is 12.2 Å². The molecule has 1 aliphatic rings. The fourth-order valence-corrected chi connectivity index (χ4v) is 3.63. The summed E-state index contributed by atoms with van der Waals surface area (Å²) in [6.45, 7) is 3.00. The molecule has 1 aromatic carbocycles. The highest BCUT2D eigenvalue weighted by molar-refractivity contribution is 7.17. The second kappa shape index (κ2) is 4.48. The number of fused-ring (bicyclic) bond motifs is 1. The number of ketones is 1. The SMILES string of the molecule is CC1(C(=O)Cc2csc3ccccc23)CCCN1. The fraction of sp³-hybridized carbons (Fsp3) is 0.400. The first-order valence-corrected chi connectivity index (χ1v) is 7.30. The summed E-state index contributed by atoms with van der Waals surface area (Å²) in [7, 11) is 0. The molecule has 1 saturated heterocycles. The van der Waals surface area contributed by atoms with Gasteiger partial charge < -0.3 is 5.32 Å². The Labute approximate surface area is 111 Å². The summed E-state index contributed by atoms with van der Waals surface area (Å²) in [6, 6.07) is 8.31. The van der Waals surface area contributed by atoms with Crippen LogP contribution in [-0.2, 0) is 11.2 Å². The predicted molar refractivity (Wildman–Crippen MR) is 76.2 cm³/mol. The van der Waals surface area contributed by atoms with E-state index in [9.17, 15) is 4.79 Å². The van der Waals surface area contributed by atoms with Gasteiger partial charge in [-0.05, 0) is 48.7 Å². The summed E-state index contributed by atoms with van der Waals surface area (Å²) < 4.78 is 1.27. The Morgan fingerprint density at radius 2 is 2.28 bits per heavy atom. The third-order valence-electron chi connectivity index (χ3n) is 3.90. The van der Waals surface area contributed by atoms with E-state index in [1.165, 1.54) is 15.6 Å². The second-order valence-corrected chi connectivity index (χ2v) is 6.13. The molecule has 1 unspecified atom stereocenters. The van der Waals surface area contributed by atoms with E-state index in [1.54, 1.807) is 11.3 Å². The lowest BCUT2D eigenvalue weighted by Crippen LogP contribution is -2.45. The Morgan fingerprint density at radius 3 is 3.06 bits per heavy atom. The van der Waals surface area contributed by atoms with Crippen LogP contribution in [0, 0.1) is 0 Å². The minimum absolute atomic E-state index is 0.303. The maximum absolute atomic E-state index is 12.4. The van der Waals surface area contributed by atoms with Crippen LogP contribution in [0.25, 0.3) is 10.1 Å². The third kappa shape index (κ3) is 1.98. The van der Waals surface area contributed by atoms with Crippen molar-refractivity contribution in [3.05, 3.63) is 35.2 Å². The van der Waals surface area contributed by atoms with Gasteiger partial charge in [-0.15, -0.1) is 11.3 Å². The van der Waals surface area contributed by atoms with E-state index >= 15 is 0 Å². The monoisotopic (exact) mass is 259 g/mol. The van der Waals surface area contributed by atoms with Crippen LogP contribution in [0.4, 0.5) is 0 Å². The minimum Gasteiger partial charge on any atom is -0.305 e. The molecule has 1 atom stereocenters. The molecule has 2 heterocycles. The van der Waals surface area contributed by atoms with Crippen molar-refractivity contribution in [2.45, 2.75) is 31.7 Å². The predicted octanol–water partition coefficient (Wildman–Crippen LogP) is 3.16. The van der Waals surface area contributed by atoms with Crippen LogP contribution in [0.2, 0.25) is 0 Å². The molecule has 0 radical (unpaired) electrons. The van der Waals surface area contributed by atoms with Crippen LogP contribution in [-0.4, -0.2) is 17.9 Å². The Balaban J connectivity index is 1.86. The quantitative estimate of drug-likeness (QED) is 0.917. The molecule has 0 bridgehead atoms. The van der Waals surface area contributed by atoms with Crippen molar-refractivity contribution in [3.63, 3.8) is 0 Å². The Kier molecular flexibility index (Phi) is 2.96. The van der Waals surface area contributed by atoms with Crippen LogP contribution < -0.4 is 5.32 Å². The van der Waals surface area contributed by atoms with E-state index in [2.05, 4.69) is 22.8 Å². The van der Waals surface area contributed by atoms with E-state index in [1.807, 2.05) is 19.1 Å². The van der Waals surface area contributed by atoms with Crippen LogP contribution >= 0.6 is 11.3 Å². The number of nitrogens with one attached hydrogen (secondary N) is 1. The maximum atomic E-state index is 12.4. The summed E-state index contributed by atoms with van der Waals surface area (Å²) >= 11 is 1.72. The Bertz CT molecular complexity index is 581. The number of thiophene rings is 1. The zero-order valence-electron chi connectivity index (χ0n) is 10.5. The molecule has 2 nitrogen and oxygen atoms in total. The molecule has 0 amide bonds. The first-order valence-electron chi connectivity index (χ1n) is 6.42. The molecule has 0 saturated carbocycles. The van der Waals surface area contributed by atoms with Crippen molar-refractivity contribution in [2.24, 2.45) is 0 Å². The Hall–Kier alpha value is -1.19. The van der Waals surface area contributed by atoms with Crippen molar-refractivity contribution in [1.29, 1.82) is 0 Å². The molecule has 1 aliphatic heterocycles. The normalized spacial score (nSPS) is 23.6. The van der Waals surface area contributed by atoms with Crippen LogP contribution in [0.3, 0.4) is 0 Å². The van der Waals surface area contributed by atoms with Gasteiger partial charge in [-0.1, -0.05) is 18.2 Å². The van der Waals surface area contributed by atoms with Gasteiger partial charge in [-0.3, -0.25) is 4.79 Å². The number of rotatable bonds is 3. The second-order valence-electron chi connectivity index (χ2n) is 5.22. The maximum Gasteiger partial charge on any atom is 0.156 e. The summed E-state index contributed by atoms with van der Waals surface area (Å²) in [5.74, 6) is 0.323. The fourth-order valence-electron chi connectivity index (χ4n) is 2.67. The molecule has 0 spiro atoms. The molecule has 3 rings (SSSR count). The largest absolute Gasteiger partial charge is 0.305 e. The van der Waals surface area contributed by atoms with Crippen molar-refractivity contribution in [2.75, 3.05) is 6.54 Å². The van der Waals surface area contributed by atoms with Crippen LogP contribution in [0.15, 0.2) is 29.6 Å². The molecule has 18 heavy (non-hydrogen) atoms. The summed E-state index contributed by atoms with van der Waals surface area (Å²) in [5.41, 5.74) is 0.874. The highest BCUT2D eigenvalue weighted by Gasteiger charge is 2.35. The lowest BCUT2D eigenvalue weighted by Gasteiger charge is -2.22. The highest BCUT2D eigenvalue weighted by Crippen LogP contribution is 2.28. The third-order valence-corrected chi connectivity index (χ3v) is 4.91. The molecule has 3 heteroatoms. The number of carbonyl (C=O) groups excluding carboxylic acids is 1. The number of hydrogen-bond acceptors (Lipinski definition) is 3. The van der Waals surface area contributed by atoms with Crippen molar-refractivity contribution in [3.8, 4) is 0 Å². The molecule has 0 aliphatic carbocycles. The van der Waals surface area contributed by atoms with Gasteiger partial charge in [0.1, 0.15) is 0 Å². The van der Waals surface area contributed by atoms with Gasteiger partial charge in [-0.25, -0.2) is 0 Å². The number of hydrogen-bond donors (Lipinski definition) is 1. The van der Waals surface area contributed by atoms with Gasteiger partial charge in [0.2, 0.25) is 0 Å². The molecular weight excluding hydrogens is 242 g/mol. The zero-order chi connectivity index (χ0) is 12.6. The standard InChI is InChI=1S/C15H17NOS/c1-15(7-4-8-16-15)14(17)9-11-10-18-13-6-3-2-5-12(11)13/h2-3,5-6,10,16H,4,7-9H2,1H3. The molecule has 1 N–H and O–H groups in total. The van der Waals surface area contributed by atoms with Gasteiger partial charge in [0.25, 0.3) is 0 Å². The minimum atomic E-state index is -0.303. The lowest BCUT2D eigenvalue weighted by atomic mass is 9.90. The molecule has 1 aromatic heterocycles. The van der Waals surface area contributed by atoms with Crippen molar-refractivity contribution in [1.82, 2.24) is 5.32 Å². The van der Waals surface area contributed by atoms with Crippen molar-refractivity contribution < 1.29 is 4.79 Å². The smallest absolute Gasteiger partial charge is 0.156 e. The molecular formula is C15H17NOS. The van der Waals surface area contributed by atoms with E-state index in [0.717, 1.165) is 19.4 Å². The average molecular weight is 259 g/mol.